The van der Waals surface area contributed by atoms with E-state index < -0.39 is 10.2 Å². The van der Waals surface area contributed by atoms with Crippen LogP contribution in [0.2, 0.25) is 0 Å². The van der Waals surface area contributed by atoms with E-state index in [1.54, 1.807) is 12.1 Å². The second-order valence-electron chi connectivity index (χ2n) is 5.31. The number of aryl methyl sites for hydroxylation is 1. The van der Waals surface area contributed by atoms with Gasteiger partial charge in [-0.2, -0.15) is 13.1 Å². The molecule has 0 atom stereocenters. The summed E-state index contributed by atoms with van der Waals surface area (Å²) in [5.74, 6) is 0.283. The Bertz CT molecular complexity index is 555. The maximum Gasteiger partial charge on any atom is 0.301 e. The molecule has 0 spiro atoms. The van der Waals surface area contributed by atoms with Gasteiger partial charge in [0.15, 0.2) is 0 Å². The number of nitrogens with zero attached hydrogens (tertiary/aromatic N) is 1. The van der Waals surface area contributed by atoms with E-state index in [1.807, 2.05) is 19.9 Å². The zero-order chi connectivity index (χ0) is 14.0. The first-order valence-electron chi connectivity index (χ1n) is 6.56. The summed E-state index contributed by atoms with van der Waals surface area (Å²) in [6, 6.07) is 5.40. The second-order valence-corrected chi connectivity index (χ2v) is 6.99. The summed E-state index contributed by atoms with van der Waals surface area (Å²) in [7, 11) is -3.46. The van der Waals surface area contributed by atoms with Crippen LogP contribution >= 0.6 is 0 Å². The molecule has 0 fully saturated rings. The third-order valence-electron chi connectivity index (χ3n) is 3.14. The van der Waals surface area contributed by atoms with Crippen molar-refractivity contribution >= 4 is 21.6 Å². The topological polar surface area (TPSA) is 75.4 Å². The highest BCUT2D eigenvalue weighted by Crippen LogP contribution is 2.30. The van der Waals surface area contributed by atoms with E-state index in [0.29, 0.717) is 18.8 Å². The molecule has 1 aromatic rings. The molecule has 106 valence electrons. The van der Waals surface area contributed by atoms with Crippen molar-refractivity contribution in [3.8, 4) is 0 Å². The molecule has 0 saturated carbocycles. The molecule has 1 heterocycles. The van der Waals surface area contributed by atoms with E-state index in [4.69, 9.17) is 5.73 Å². The van der Waals surface area contributed by atoms with Crippen molar-refractivity contribution in [2.24, 2.45) is 5.92 Å². The van der Waals surface area contributed by atoms with Gasteiger partial charge in [0.25, 0.3) is 0 Å². The summed E-state index contributed by atoms with van der Waals surface area (Å²) in [6.45, 7) is 4.92. The standard InChI is InChI=1S/C13H21N3O2S/c1-10(2)9-15-19(17,18)16-7-3-4-11-8-12(14)5-6-13(11)16/h5-6,8,10,15H,3-4,7,9,14H2,1-2H3. The molecule has 0 aliphatic carbocycles. The van der Waals surface area contributed by atoms with E-state index in [9.17, 15) is 8.42 Å². The van der Waals surface area contributed by atoms with Gasteiger partial charge in [-0.1, -0.05) is 13.8 Å². The first kappa shape index (κ1) is 14.1. The second kappa shape index (κ2) is 5.38. The number of nitrogens with one attached hydrogen (secondary N) is 1. The van der Waals surface area contributed by atoms with Crippen LogP contribution in [-0.2, 0) is 16.6 Å². The van der Waals surface area contributed by atoms with E-state index >= 15 is 0 Å². The van der Waals surface area contributed by atoms with Gasteiger partial charge < -0.3 is 5.73 Å². The van der Waals surface area contributed by atoms with Gasteiger partial charge in [-0.05, 0) is 42.5 Å². The highest BCUT2D eigenvalue weighted by molar-refractivity contribution is 7.90. The van der Waals surface area contributed by atoms with E-state index in [0.717, 1.165) is 24.1 Å². The average molecular weight is 283 g/mol. The lowest BCUT2D eigenvalue weighted by molar-refractivity contribution is 0.552. The van der Waals surface area contributed by atoms with Crippen molar-refractivity contribution in [3.63, 3.8) is 0 Å². The summed E-state index contributed by atoms with van der Waals surface area (Å²) in [5.41, 5.74) is 8.17. The Balaban J connectivity index is 2.28. The lowest BCUT2D eigenvalue weighted by Crippen LogP contribution is -2.44. The number of fused-ring (bicyclic) bond motifs is 1. The molecule has 2 rings (SSSR count). The molecule has 3 N–H and O–H groups in total. The molecule has 0 amide bonds. The highest BCUT2D eigenvalue weighted by Gasteiger charge is 2.27. The summed E-state index contributed by atoms with van der Waals surface area (Å²) >= 11 is 0. The normalized spacial score (nSPS) is 15.6. The summed E-state index contributed by atoms with van der Waals surface area (Å²) < 4.78 is 28.7. The van der Waals surface area contributed by atoms with Gasteiger partial charge in [0.1, 0.15) is 0 Å². The van der Waals surface area contributed by atoms with Crippen molar-refractivity contribution in [2.45, 2.75) is 26.7 Å². The fourth-order valence-corrected chi connectivity index (χ4v) is 3.69. The highest BCUT2D eigenvalue weighted by atomic mass is 32.2. The fourth-order valence-electron chi connectivity index (χ4n) is 2.18. The monoisotopic (exact) mass is 283 g/mol. The van der Waals surface area contributed by atoms with Crippen LogP contribution in [0.4, 0.5) is 11.4 Å². The predicted octanol–water partition coefficient (Wildman–Crippen LogP) is 1.51. The smallest absolute Gasteiger partial charge is 0.301 e. The summed E-state index contributed by atoms with van der Waals surface area (Å²) in [4.78, 5) is 0. The maximum absolute atomic E-state index is 12.3. The van der Waals surface area contributed by atoms with Crippen molar-refractivity contribution in [3.05, 3.63) is 23.8 Å². The van der Waals surface area contributed by atoms with Crippen LogP contribution in [-0.4, -0.2) is 21.5 Å². The first-order valence-corrected chi connectivity index (χ1v) is 8.00. The lowest BCUT2D eigenvalue weighted by Gasteiger charge is -2.30. The number of nitrogens with two attached hydrogens (primary N) is 1. The number of hydrogen-bond donors (Lipinski definition) is 2. The third-order valence-corrected chi connectivity index (χ3v) is 4.63. The van der Waals surface area contributed by atoms with Crippen molar-refractivity contribution in [1.29, 1.82) is 0 Å². The lowest BCUT2D eigenvalue weighted by atomic mass is 10.0. The average Bonchev–Trinajstić information content (AvgIpc) is 2.35. The minimum Gasteiger partial charge on any atom is -0.399 e. The van der Waals surface area contributed by atoms with Gasteiger partial charge in [0, 0.05) is 18.8 Å². The van der Waals surface area contributed by atoms with Crippen molar-refractivity contribution in [1.82, 2.24) is 4.72 Å². The summed E-state index contributed by atoms with van der Waals surface area (Å²) in [6.07, 6.45) is 1.69. The fraction of sp³-hybridized carbons (Fsp3) is 0.538. The van der Waals surface area contributed by atoms with E-state index in [1.165, 1.54) is 4.31 Å². The van der Waals surface area contributed by atoms with Crippen LogP contribution in [0.15, 0.2) is 18.2 Å². The van der Waals surface area contributed by atoms with E-state index in [2.05, 4.69) is 4.72 Å². The molecule has 1 aliphatic heterocycles. The van der Waals surface area contributed by atoms with Crippen LogP contribution in [0.3, 0.4) is 0 Å². The van der Waals surface area contributed by atoms with Crippen LogP contribution in [0.5, 0.6) is 0 Å². The predicted molar refractivity (Wildman–Crippen MR) is 78.3 cm³/mol. The molecule has 5 nitrogen and oxygen atoms in total. The third kappa shape index (κ3) is 3.19. The Morgan fingerprint density at radius 2 is 2.16 bits per heavy atom. The quantitative estimate of drug-likeness (QED) is 0.822. The zero-order valence-electron chi connectivity index (χ0n) is 11.4. The summed E-state index contributed by atoms with van der Waals surface area (Å²) in [5, 5.41) is 0. The largest absolute Gasteiger partial charge is 0.399 e. The number of benzene rings is 1. The number of hydrogen-bond acceptors (Lipinski definition) is 3. The Morgan fingerprint density at radius 1 is 1.42 bits per heavy atom. The Labute approximate surface area is 115 Å². The molecule has 6 heteroatoms. The molecule has 0 bridgehead atoms. The number of anilines is 2. The van der Waals surface area contributed by atoms with Crippen LogP contribution < -0.4 is 14.8 Å². The van der Waals surface area contributed by atoms with Crippen LogP contribution in [0.25, 0.3) is 0 Å². The molecule has 0 aromatic heterocycles. The van der Waals surface area contributed by atoms with Gasteiger partial charge in [-0.25, -0.2) is 0 Å². The Kier molecular flexibility index (Phi) is 4.01. The number of nitrogen functional groups attached to an aromatic ring is 1. The Morgan fingerprint density at radius 3 is 2.84 bits per heavy atom. The van der Waals surface area contributed by atoms with Crippen LogP contribution in [0, 0.1) is 5.92 Å². The molecular formula is C13H21N3O2S. The molecule has 0 unspecified atom stereocenters. The zero-order valence-corrected chi connectivity index (χ0v) is 12.2. The molecule has 0 radical (unpaired) electrons. The molecule has 0 saturated heterocycles. The Hall–Kier alpha value is -1.27. The van der Waals surface area contributed by atoms with Gasteiger partial charge >= 0.3 is 10.2 Å². The first-order chi connectivity index (χ1) is 8.90. The van der Waals surface area contributed by atoms with E-state index in [-0.39, 0.29) is 5.92 Å². The molecule has 19 heavy (non-hydrogen) atoms. The minimum absolute atomic E-state index is 0.283. The van der Waals surface area contributed by atoms with Crippen molar-refractivity contribution in [2.75, 3.05) is 23.1 Å². The van der Waals surface area contributed by atoms with Gasteiger partial charge in [-0.3, -0.25) is 4.31 Å². The van der Waals surface area contributed by atoms with Crippen molar-refractivity contribution < 1.29 is 8.42 Å². The maximum atomic E-state index is 12.3. The molecule has 1 aromatic carbocycles. The molecule has 1 aliphatic rings. The van der Waals surface area contributed by atoms with Gasteiger partial charge in [0.2, 0.25) is 0 Å². The van der Waals surface area contributed by atoms with Gasteiger partial charge in [-0.15, -0.1) is 0 Å². The number of rotatable bonds is 4. The SMILES string of the molecule is CC(C)CNS(=O)(=O)N1CCCc2cc(N)ccc21. The minimum atomic E-state index is -3.46. The van der Waals surface area contributed by atoms with Gasteiger partial charge in [0.05, 0.1) is 5.69 Å². The molecular weight excluding hydrogens is 262 g/mol. The van der Waals surface area contributed by atoms with Crippen LogP contribution in [0.1, 0.15) is 25.8 Å².